The van der Waals surface area contributed by atoms with E-state index < -0.39 is 43.1 Å². The zero-order valence-corrected chi connectivity index (χ0v) is 102. The smallest absolute Gasteiger partial charge is 0.265 e. The van der Waals surface area contributed by atoms with Crippen molar-refractivity contribution < 1.29 is 54.7 Å². The summed E-state index contributed by atoms with van der Waals surface area (Å²) < 4.78 is 50.4. The van der Waals surface area contributed by atoms with Crippen molar-refractivity contribution in [1.29, 1.82) is 0 Å². The molecular weight excluding hydrogens is 1860 g/mol. The number of phenolic OH excluding ortho intramolecular Hbond substituents is 2. The van der Waals surface area contributed by atoms with Crippen LogP contribution in [0, 0.1) is 51.2 Å². The van der Waals surface area contributed by atoms with E-state index in [1.807, 2.05) is 13.8 Å². The van der Waals surface area contributed by atoms with E-state index in [1.165, 1.54) is 221 Å². The maximum atomic E-state index is 17.2. The van der Waals surface area contributed by atoms with Gasteiger partial charge in [-0.3, -0.25) is 0 Å². The van der Waals surface area contributed by atoms with Crippen molar-refractivity contribution in [3.05, 3.63) is 170 Å². The van der Waals surface area contributed by atoms with Crippen LogP contribution in [-0.4, -0.2) is 74.3 Å². The average Bonchev–Trinajstić information content (AvgIpc) is 1.55. The minimum Gasteiger partial charge on any atom is -0.582 e. The summed E-state index contributed by atoms with van der Waals surface area (Å²) in [5.74, 6) is 0.729. The van der Waals surface area contributed by atoms with Crippen molar-refractivity contribution in [2.45, 2.75) is 474 Å². The van der Waals surface area contributed by atoms with Crippen LogP contribution in [0.2, 0.25) is 68.5 Å². The van der Waals surface area contributed by atoms with Crippen molar-refractivity contribution in [3.63, 3.8) is 0 Å². The molecule has 0 radical (unpaired) electrons. The largest absolute Gasteiger partial charge is 0.582 e. The Morgan fingerprint density at radius 2 is 0.529 bits per heavy atom. The number of benzene rings is 8. The first kappa shape index (κ1) is 121. The van der Waals surface area contributed by atoms with Crippen LogP contribution in [-0.2, 0) is 37.0 Å². The molecule has 6 nitrogen and oxygen atoms in total. The number of aromatic hydroxyl groups is 4. The van der Waals surface area contributed by atoms with Gasteiger partial charge in [-0.25, -0.2) is 8.78 Å². The topological polar surface area (TPSA) is 75.9 Å². The van der Waals surface area contributed by atoms with Crippen LogP contribution < -0.4 is 20.7 Å². The van der Waals surface area contributed by atoms with Gasteiger partial charge in [0.05, 0.1) is 76.9 Å². The SMILES string of the molecule is CCCCCCCC[Si](c1ccc2c3ccc([Si](CCCCCCCC)(C(C)C)C(C)C)cc3n(-c3cc(C(C)(C)CC(C)(C)C)cc(-c4cc(F)cc(C)c4[OH+]CCC[OH+]c4c(C)cc(F)cc4-c4cc(C(C)(C)CC(C)(C)C)cc(-n5c6cc([Si](CCCCCCCC)(C(C)C)C(C)C)ccc6c6ccc([Si](CCCCCCCC)(C(C)C)C(C)C)cc65)c4O)c3O)c2c1)(C(C)C)C(C)C.[CH3-].[CH3-].[Zr]. The van der Waals surface area contributed by atoms with E-state index >= 15 is 8.78 Å². The number of halogens is 2. The Balaban J connectivity index is 0.00000888. The average molecular weight is 2060 g/mol. The molecule has 776 valence electrons. The molecule has 140 heavy (non-hydrogen) atoms. The van der Waals surface area contributed by atoms with Crippen LogP contribution >= 0.6 is 0 Å². The molecule has 2 heterocycles. The minimum absolute atomic E-state index is 0. The zero-order valence-electron chi connectivity index (χ0n) is 95.4. The van der Waals surface area contributed by atoms with Crippen molar-refractivity contribution in [2.24, 2.45) is 10.8 Å². The monoisotopic (exact) mass is 2060 g/mol. The summed E-state index contributed by atoms with van der Waals surface area (Å²) in [6.07, 6.45) is 32.6. The molecule has 4 N–H and O–H groups in total. The van der Waals surface area contributed by atoms with Gasteiger partial charge in [0.25, 0.3) is 11.5 Å². The van der Waals surface area contributed by atoms with Crippen molar-refractivity contribution in [1.82, 2.24) is 9.13 Å². The molecule has 0 unspecified atom stereocenters. The zero-order chi connectivity index (χ0) is 101. The molecule has 10 rings (SSSR count). The Bertz CT molecular complexity index is 5040. The van der Waals surface area contributed by atoms with Gasteiger partial charge in [-0.2, -0.15) is 0 Å². The molecule has 0 spiro atoms. The van der Waals surface area contributed by atoms with E-state index in [9.17, 15) is 10.2 Å². The molecule has 0 aliphatic heterocycles. The number of nitrogens with zero attached hydrogens (tertiary/aromatic N) is 2. The number of hydrogen-bond acceptors (Lipinski definition) is 2. The summed E-state index contributed by atoms with van der Waals surface area (Å²) in [5, 5.41) is 39.1. The van der Waals surface area contributed by atoms with E-state index in [2.05, 4.69) is 314 Å². The Morgan fingerprint density at radius 3 is 0.750 bits per heavy atom. The molecule has 0 fully saturated rings. The van der Waals surface area contributed by atoms with Crippen molar-refractivity contribution in [2.75, 3.05) is 13.2 Å². The van der Waals surface area contributed by atoms with Gasteiger partial charge in [-0.05, 0) is 177 Å². The first-order chi connectivity index (χ1) is 64.6. The number of ether oxygens (including phenoxy) is 2. The van der Waals surface area contributed by atoms with Gasteiger partial charge >= 0.3 is 0 Å². The number of phenols is 2. The number of aliphatic hydroxyl groups is 2. The molecule has 0 atom stereocenters. The quantitative estimate of drug-likeness (QED) is 0.0172. The second kappa shape index (κ2) is 52.2. The third kappa shape index (κ3) is 27.0. The number of aromatic nitrogens is 2. The Kier molecular flexibility index (Phi) is 45.1. The second-order valence-corrected chi connectivity index (χ2v) is 71.3. The summed E-state index contributed by atoms with van der Waals surface area (Å²) in [6.45, 7) is 77.3. The Hall–Kier alpha value is -5.83. The van der Waals surface area contributed by atoms with Gasteiger partial charge in [0.15, 0.2) is 13.2 Å². The fourth-order valence-corrected chi connectivity index (χ4v) is 50.1. The molecule has 0 amide bonds. The predicted octanol–water partition coefficient (Wildman–Crippen LogP) is 38.8. The summed E-state index contributed by atoms with van der Waals surface area (Å²) in [6, 6.07) is 50.6. The number of unbranched alkanes of at least 4 members (excludes halogenated alkanes) is 20. The maximum absolute atomic E-state index is 17.2. The fourth-order valence-electron chi connectivity index (χ4n) is 27.1. The second-order valence-electron chi connectivity index (χ2n) is 49.4. The summed E-state index contributed by atoms with van der Waals surface area (Å²) in [7, 11) is -8.97. The third-order valence-electron chi connectivity index (χ3n) is 33.8. The standard InChI is InChI=1S/C125H192F2N2O4Si4.2CH3.Zr/c1-33-37-41-45-49-53-68-134(86(5)6,87(7)8)100-58-62-104-105-63-59-101(135(88(9)10,89(11)12)69-54-50-46-42-38-34-2)81-113(105)128(112(104)80-100)116-76-96(124(29,30)84-122(23,24)25)74-108(118(116)130)110-78-98(126)72-94(21)120(110)132-66-57-67-133-121-95(22)73-99(127)79-111(121)109-75-97(125(31,32)85-123(26,27)28)77-117(119(109)131)129-114-82-102(136(90(13)14,91(15)16)70-55-51-47-43-39-35-3)60-64-106(114)107-65-61-103(83-115(107)129)137(92(17)18,93(19)20)71-56-52-48-44-40-36-4;;;/h58-65,72-83,86-93,130-131H,33-57,66-71,84-85H2,1-32H3;2*1H3;/q;2*-1;/p+2. The maximum Gasteiger partial charge on any atom is 0.265 e. The third-order valence-corrected chi connectivity index (χ3v) is 60.6. The Morgan fingerprint density at radius 1 is 0.300 bits per heavy atom. The van der Waals surface area contributed by atoms with Gasteiger partial charge < -0.3 is 43.7 Å². The molecule has 0 bridgehead atoms. The minimum atomic E-state index is -2.24. The van der Waals surface area contributed by atoms with Crippen LogP contribution in [0.25, 0.3) is 77.2 Å². The van der Waals surface area contributed by atoms with Gasteiger partial charge in [-0.1, -0.05) is 455 Å². The molecule has 10 aromatic rings. The molecule has 2 aromatic heterocycles. The van der Waals surface area contributed by atoms with Crippen molar-refractivity contribution in [3.8, 4) is 56.6 Å². The Labute approximate surface area is 878 Å². The number of rotatable bonds is 54. The van der Waals surface area contributed by atoms with Crippen LogP contribution in [0.1, 0.15) is 403 Å². The summed E-state index contributed by atoms with van der Waals surface area (Å²) in [4.78, 5) is 0. The molecular formula is C127H200F2N2O4Si4Zr. The van der Waals surface area contributed by atoms with E-state index in [0.29, 0.717) is 120 Å². The van der Waals surface area contributed by atoms with E-state index in [0.717, 1.165) is 46.0 Å². The number of aryl methyl sites for hydroxylation is 2. The van der Waals surface area contributed by atoms with Crippen molar-refractivity contribution >= 4 is 96.7 Å². The molecule has 13 heteroatoms. The molecule has 8 aromatic carbocycles. The molecule has 0 saturated carbocycles. The first-order valence-corrected chi connectivity index (χ1v) is 65.0. The number of fused-ring (bicyclic) bond motifs is 6. The molecule has 0 saturated heterocycles. The molecule has 0 aliphatic rings. The summed E-state index contributed by atoms with van der Waals surface area (Å²) >= 11 is 0. The van der Waals surface area contributed by atoms with E-state index in [1.54, 1.807) is 24.3 Å². The van der Waals surface area contributed by atoms with Gasteiger partial charge in [0.1, 0.15) is 29.6 Å². The van der Waals surface area contributed by atoms with Gasteiger partial charge in [0, 0.05) is 70.0 Å². The van der Waals surface area contributed by atoms with Gasteiger partial charge in [-0.15, -0.1) is 0 Å². The van der Waals surface area contributed by atoms with Gasteiger partial charge in [0.2, 0.25) is 0 Å². The number of hydrogen-bond donors (Lipinski definition) is 2. The van der Waals surface area contributed by atoms with Crippen LogP contribution in [0.15, 0.2) is 121 Å². The van der Waals surface area contributed by atoms with Crippen LogP contribution in [0.4, 0.5) is 8.78 Å². The summed E-state index contributed by atoms with van der Waals surface area (Å²) in [5.41, 5.74) is 14.7. The van der Waals surface area contributed by atoms with E-state index in [-0.39, 0.29) is 75.0 Å². The first-order valence-electron chi connectivity index (χ1n) is 55.5. The van der Waals surface area contributed by atoms with Crippen LogP contribution in [0.5, 0.6) is 23.0 Å². The van der Waals surface area contributed by atoms with Crippen LogP contribution in [0.3, 0.4) is 0 Å². The predicted molar refractivity (Wildman–Crippen MR) is 625 cm³/mol. The molecule has 0 aliphatic carbocycles. The van der Waals surface area contributed by atoms with E-state index in [4.69, 9.17) is 9.47 Å². The normalized spacial score (nSPS) is 13.0. The fraction of sp³-hybridized carbons (Fsp3) is 0.606.